The van der Waals surface area contributed by atoms with E-state index in [9.17, 15) is 18.0 Å². The van der Waals surface area contributed by atoms with E-state index in [4.69, 9.17) is 9.47 Å². The number of rotatable bonds is 4. The van der Waals surface area contributed by atoms with Gasteiger partial charge in [0.15, 0.2) is 22.3 Å². The van der Waals surface area contributed by atoms with Gasteiger partial charge in [0.25, 0.3) is 0 Å². The zero-order valence-corrected chi connectivity index (χ0v) is 15.2. The minimum absolute atomic E-state index is 0.124. The first-order valence-electron chi connectivity index (χ1n) is 8.10. The Kier molecular flexibility index (Phi) is 4.53. The second-order valence-electron chi connectivity index (χ2n) is 5.94. The van der Waals surface area contributed by atoms with Gasteiger partial charge in [-0.25, -0.2) is 0 Å². The van der Waals surface area contributed by atoms with Gasteiger partial charge >= 0.3 is 6.18 Å². The number of aromatic nitrogens is 3. The predicted molar refractivity (Wildman–Crippen MR) is 94.5 cm³/mol. The largest absolute Gasteiger partial charge is 0.454 e. The Morgan fingerprint density at radius 2 is 2.00 bits per heavy atom. The molecule has 0 radical (unpaired) electrons. The van der Waals surface area contributed by atoms with Crippen molar-refractivity contribution < 1.29 is 27.4 Å². The number of ether oxygens (including phenoxy) is 2. The van der Waals surface area contributed by atoms with Crippen LogP contribution in [0, 0.1) is 0 Å². The Hall–Kier alpha value is -2.95. The number of anilines is 1. The van der Waals surface area contributed by atoms with Crippen LogP contribution in [0.25, 0.3) is 5.65 Å². The maximum atomic E-state index is 12.9. The number of amides is 1. The maximum Gasteiger partial charge on any atom is 0.417 e. The first-order valence-corrected chi connectivity index (χ1v) is 8.98. The van der Waals surface area contributed by atoms with E-state index in [0.29, 0.717) is 17.2 Å². The zero-order chi connectivity index (χ0) is 19.9. The van der Waals surface area contributed by atoms with Crippen molar-refractivity contribution in [3.8, 4) is 11.5 Å². The summed E-state index contributed by atoms with van der Waals surface area (Å²) in [5.74, 6) is 0.782. The van der Waals surface area contributed by atoms with E-state index in [1.807, 2.05) is 0 Å². The molecule has 1 unspecified atom stereocenters. The summed E-state index contributed by atoms with van der Waals surface area (Å²) in [6, 6.07) is 7.16. The van der Waals surface area contributed by atoms with E-state index < -0.39 is 17.0 Å². The van der Waals surface area contributed by atoms with Crippen molar-refractivity contribution in [2.24, 2.45) is 0 Å². The molecule has 0 saturated carbocycles. The lowest BCUT2D eigenvalue weighted by atomic mass is 10.2. The lowest BCUT2D eigenvalue weighted by molar-refractivity contribution is -0.137. The number of carbonyl (C=O) groups is 1. The van der Waals surface area contributed by atoms with Crippen molar-refractivity contribution in [3.63, 3.8) is 0 Å². The van der Waals surface area contributed by atoms with Gasteiger partial charge in [0, 0.05) is 18.0 Å². The number of nitrogens with one attached hydrogen (secondary N) is 1. The van der Waals surface area contributed by atoms with Gasteiger partial charge in [-0.2, -0.15) is 13.2 Å². The molecule has 0 spiro atoms. The Morgan fingerprint density at radius 3 is 2.79 bits per heavy atom. The quantitative estimate of drug-likeness (QED) is 0.663. The van der Waals surface area contributed by atoms with Crippen LogP contribution in [0.2, 0.25) is 0 Å². The smallest absolute Gasteiger partial charge is 0.417 e. The Balaban J connectivity index is 1.50. The van der Waals surface area contributed by atoms with Crippen LogP contribution in [-0.4, -0.2) is 32.5 Å². The molecule has 1 aromatic carbocycles. The summed E-state index contributed by atoms with van der Waals surface area (Å²) in [7, 11) is 0. The highest BCUT2D eigenvalue weighted by Gasteiger charge is 2.31. The summed E-state index contributed by atoms with van der Waals surface area (Å²) < 4.78 is 50.5. The van der Waals surface area contributed by atoms with Gasteiger partial charge in [-0.05, 0) is 31.2 Å². The Labute approximate surface area is 160 Å². The van der Waals surface area contributed by atoms with Gasteiger partial charge < -0.3 is 14.8 Å². The van der Waals surface area contributed by atoms with Gasteiger partial charge in [-0.15, -0.1) is 10.2 Å². The number of alkyl halides is 3. The van der Waals surface area contributed by atoms with Crippen LogP contribution in [0.5, 0.6) is 11.5 Å². The fraction of sp³-hybridized carbons (Fsp3) is 0.235. The van der Waals surface area contributed by atoms with E-state index in [1.165, 1.54) is 10.5 Å². The molecule has 1 atom stereocenters. The molecule has 1 amide bonds. The number of fused-ring (bicyclic) bond motifs is 2. The molecule has 1 aliphatic heterocycles. The van der Waals surface area contributed by atoms with E-state index >= 15 is 0 Å². The third-order valence-corrected chi connectivity index (χ3v) is 5.05. The molecule has 2 aromatic heterocycles. The summed E-state index contributed by atoms with van der Waals surface area (Å²) in [6.45, 7) is 1.75. The topological polar surface area (TPSA) is 77.8 Å². The van der Waals surface area contributed by atoms with Crippen LogP contribution in [-0.2, 0) is 11.0 Å². The normalized spacial score (nSPS) is 14.3. The molecular formula is C17H13F3N4O3S. The van der Waals surface area contributed by atoms with Gasteiger partial charge in [0.1, 0.15) is 0 Å². The van der Waals surface area contributed by atoms with Crippen molar-refractivity contribution in [2.75, 3.05) is 12.1 Å². The van der Waals surface area contributed by atoms with Gasteiger partial charge in [-0.1, -0.05) is 11.8 Å². The highest BCUT2D eigenvalue weighted by Crippen LogP contribution is 2.35. The minimum atomic E-state index is -4.48. The van der Waals surface area contributed by atoms with Crippen LogP contribution in [0.1, 0.15) is 12.5 Å². The third kappa shape index (κ3) is 3.57. The summed E-state index contributed by atoms with van der Waals surface area (Å²) in [6.07, 6.45) is -3.57. The average Bonchev–Trinajstić information content (AvgIpc) is 3.27. The predicted octanol–water partition coefficient (Wildman–Crippen LogP) is 3.60. The van der Waals surface area contributed by atoms with Crippen molar-refractivity contribution >= 4 is 29.0 Å². The molecular weight excluding hydrogens is 397 g/mol. The van der Waals surface area contributed by atoms with Crippen molar-refractivity contribution in [2.45, 2.75) is 23.5 Å². The standard InChI is InChI=1S/C17H13F3N4O3S/c1-9(15(25)21-11-3-4-12-13(6-11)27-8-26-12)28-16-23-22-14-5-2-10(7-24(14)16)17(18,19)20/h2-7,9H,8H2,1H3,(H,21,25). The van der Waals surface area contributed by atoms with Crippen LogP contribution in [0.4, 0.5) is 18.9 Å². The van der Waals surface area contributed by atoms with Crippen molar-refractivity contribution in [1.82, 2.24) is 14.6 Å². The molecule has 0 fully saturated rings. The lowest BCUT2D eigenvalue weighted by Crippen LogP contribution is -2.22. The Bertz CT molecular complexity index is 1050. The maximum absolute atomic E-state index is 12.9. The zero-order valence-electron chi connectivity index (χ0n) is 14.4. The molecule has 1 aliphatic rings. The lowest BCUT2D eigenvalue weighted by Gasteiger charge is -2.12. The molecule has 7 nitrogen and oxygen atoms in total. The number of nitrogens with zero attached hydrogens (tertiary/aromatic N) is 3. The molecule has 3 aromatic rings. The minimum Gasteiger partial charge on any atom is -0.454 e. The average molecular weight is 410 g/mol. The summed E-state index contributed by atoms with van der Waals surface area (Å²) in [4.78, 5) is 12.5. The molecule has 146 valence electrons. The molecule has 3 heterocycles. The highest BCUT2D eigenvalue weighted by molar-refractivity contribution is 8.00. The number of thioether (sulfide) groups is 1. The SMILES string of the molecule is CC(Sc1nnc2ccc(C(F)(F)F)cn12)C(=O)Nc1ccc2c(c1)OCO2. The molecule has 28 heavy (non-hydrogen) atoms. The summed E-state index contributed by atoms with van der Waals surface area (Å²) >= 11 is 1.01. The Morgan fingerprint density at radius 1 is 1.21 bits per heavy atom. The van der Waals surface area contributed by atoms with E-state index in [-0.39, 0.29) is 23.5 Å². The molecule has 0 saturated heterocycles. The summed E-state index contributed by atoms with van der Waals surface area (Å²) in [5.41, 5.74) is -0.0369. The third-order valence-electron chi connectivity index (χ3n) is 3.99. The van der Waals surface area contributed by atoms with E-state index in [0.717, 1.165) is 24.0 Å². The molecule has 1 N–H and O–H groups in total. The number of pyridine rings is 1. The van der Waals surface area contributed by atoms with E-state index in [2.05, 4.69) is 15.5 Å². The van der Waals surface area contributed by atoms with E-state index in [1.54, 1.807) is 25.1 Å². The number of halogens is 3. The number of hydrogen-bond acceptors (Lipinski definition) is 6. The fourth-order valence-corrected chi connectivity index (χ4v) is 3.38. The molecule has 0 aliphatic carbocycles. The first-order chi connectivity index (χ1) is 13.3. The number of hydrogen-bond donors (Lipinski definition) is 1. The second kappa shape index (κ2) is 6.89. The van der Waals surface area contributed by atoms with Crippen LogP contribution >= 0.6 is 11.8 Å². The van der Waals surface area contributed by atoms with Gasteiger partial charge in [0.2, 0.25) is 12.7 Å². The van der Waals surface area contributed by atoms with Gasteiger partial charge in [-0.3, -0.25) is 9.20 Å². The van der Waals surface area contributed by atoms with Crippen LogP contribution < -0.4 is 14.8 Å². The van der Waals surface area contributed by atoms with Crippen molar-refractivity contribution in [1.29, 1.82) is 0 Å². The molecule has 0 bridgehead atoms. The highest BCUT2D eigenvalue weighted by atomic mass is 32.2. The monoisotopic (exact) mass is 410 g/mol. The van der Waals surface area contributed by atoms with Crippen molar-refractivity contribution in [3.05, 3.63) is 42.1 Å². The molecule has 11 heteroatoms. The second-order valence-corrected chi connectivity index (χ2v) is 7.25. The summed E-state index contributed by atoms with van der Waals surface area (Å²) in [5, 5.41) is 10.0. The molecule has 4 rings (SSSR count). The van der Waals surface area contributed by atoms with Crippen LogP contribution in [0.15, 0.2) is 41.7 Å². The number of carbonyl (C=O) groups excluding carboxylic acids is 1. The van der Waals surface area contributed by atoms with Gasteiger partial charge in [0.05, 0.1) is 10.8 Å². The van der Waals surface area contributed by atoms with Crippen LogP contribution in [0.3, 0.4) is 0 Å². The number of benzene rings is 1. The fourth-order valence-electron chi connectivity index (χ4n) is 2.55. The first kappa shape index (κ1) is 18.4.